The van der Waals surface area contributed by atoms with Gasteiger partial charge >= 0.3 is 12.1 Å². The zero-order valence-corrected chi connectivity index (χ0v) is 13.8. The van der Waals surface area contributed by atoms with Crippen LogP contribution in [0.1, 0.15) is 11.1 Å². The Kier molecular flexibility index (Phi) is 6.33. The van der Waals surface area contributed by atoms with Crippen LogP contribution in [-0.2, 0) is 20.5 Å². The Morgan fingerprint density at radius 1 is 1.11 bits per heavy atom. The summed E-state index contributed by atoms with van der Waals surface area (Å²) in [5, 5.41) is 11.2. The number of esters is 1. The molecule has 0 saturated carbocycles. The number of rotatable bonds is 5. The lowest BCUT2D eigenvalue weighted by Gasteiger charge is -2.10. The molecule has 2 aromatic carbocycles. The van der Waals surface area contributed by atoms with Crippen molar-refractivity contribution in [3.8, 4) is 6.07 Å². The SMILES string of the molecule is N#CC(=Cc1ccccc1)C(=O)OCC(=O)Nc1cccc(C(F)(F)F)c1. The van der Waals surface area contributed by atoms with Crippen LogP contribution in [0, 0.1) is 11.3 Å². The Labute approximate surface area is 152 Å². The van der Waals surface area contributed by atoms with Crippen molar-refractivity contribution in [2.24, 2.45) is 0 Å². The molecule has 138 valence electrons. The zero-order chi connectivity index (χ0) is 19.9. The van der Waals surface area contributed by atoms with Crippen molar-refractivity contribution in [3.63, 3.8) is 0 Å². The molecule has 0 atom stereocenters. The monoisotopic (exact) mass is 374 g/mol. The van der Waals surface area contributed by atoms with E-state index in [1.807, 2.05) is 0 Å². The van der Waals surface area contributed by atoms with Crippen LogP contribution in [0.2, 0.25) is 0 Å². The van der Waals surface area contributed by atoms with Crippen LogP contribution in [0.25, 0.3) is 6.08 Å². The molecular weight excluding hydrogens is 361 g/mol. The van der Waals surface area contributed by atoms with Gasteiger partial charge in [0.1, 0.15) is 11.6 Å². The molecule has 0 aromatic heterocycles. The third kappa shape index (κ3) is 6.01. The Hall–Kier alpha value is -3.60. The summed E-state index contributed by atoms with van der Waals surface area (Å²) in [7, 11) is 0. The number of anilines is 1. The van der Waals surface area contributed by atoms with E-state index in [1.54, 1.807) is 36.4 Å². The van der Waals surface area contributed by atoms with Crippen LogP contribution in [0.3, 0.4) is 0 Å². The fourth-order valence-corrected chi connectivity index (χ4v) is 2.03. The van der Waals surface area contributed by atoms with Crippen LogP contribution in [0.15, 0.2) is 60.2 Å². The van der Waals surface area contributed by atoms with E-state index in [-0.39, 0.29) is 11.3 Å². The van der Waals surface area contributed by atoms with Crippen molar-refractivity contribution in [3.05, 3.63) is 71.3 Å². The molecule has 0 aliphatic rings. The van der Waals surface area contributed by atoms with E-state index in [2.05, 4.69) is 5.32 Å². The van der Waals surface area contributed by atoms with Gasteiger partial charge in [0.25, 0.3) is 5.91 Å². The van der Waals surface area contributed by atoms with Gasteiger partial charge in [0, 0.05) is 5.69 Å². The molecule has 0 heterocycles. The number of nitrogens with one attached hydrogen (secondary N) is 1. The second-order valence-electron chi connectivity index (χ2n) is 5.28. The molecule has 8 heteroatoms. The van der Waals surface area contributed by atoms with Crippen molar-refractivity contribution in [2.45, 2.75) is 6.18 Å². The topological polar surface area (TPSA) is 79.2 Å². The van der Waals surface area contributed by atoms with Gasteiger partial charge in [0.05, 0.1) is 5.56 Å². The number of nitriles is 1. The maximum atomic E-state index is 12.6. The molecule has 2 rings (SSSR count). The number of halogens is 3. The number of carbonyl (C=O) groups is 2. The first kappa shape index (κ1) is 19.7. The highest BCUT2D eigenvalue weighted by Gasteiger charge is 2.30. The smallest absolute Gasteiger partial charge is 0.416 e. The number of nitrogens with zero attached hydrogens (tertiary/aromatic N) is 1. The molecule has 2 aromatic rings. The standard InChI is InChI=1S/C19H13F3N2O3/c20-19(21,22)15-7-4-8-16(10-15)24-17(25)12-27-18(26)14(11-23)9-13-5-2-1-3-6-13/h1-10H,12H2,(H,24,25). The molecule has 5 nitrogen and oxygen atoms in total. The maximum absolute atomic E-state index is 12.6. The Morgan fingerprint density at radius 2 is 1.81 bits per heavy atom. The van der Waals surface area contributed by atoms with E-state index < -0.39 is 30.2 Å². The van der Waals surface area contributed by atoms with Crippen LogP contribution in [0.4, 0.5) is 18.9 Å². The predicted octanol–water partition coefficient (Wildman–Crippen LogP) is 3.79. The number of benzene rings is 2. The lowest BCUT2D eigenvalue weighted by Crippen LogP contribution is -2.21. The van der Waals surface area contributed by atoms with Gasteiger partial charge in [0.15, 0.2) is 6.61 Å². The first-order chi connectivity index (χ1) is 12.8. The summed E-state index contributed by atoms with van der Waals surface area (Å²) in [6, 6.07) is 14.3. The zero-order valence-electron chi connectivity index (χ0n) is 13.8. The van der Waals surface area contributed by atoms with Crippen molar-refractivity contribution >= 4 is 23.6 Å². The molecule has 1 amide bonds. The molecule has 0 aliphatic heterocycles. The van der Waals surface area contributed by atoms with Gasteiger partial charge in [-0.15, -0.1) is 0 Å². The summed E-state index contributed by atoms with van der Waals surface area (Å²) >= 11 is 0. The molecule has 0 bridgehead atoms. The molecular formula is C19H13F3N2O3. The quantitative estimate of drug-likeness (QED) is 0.491. The highest BCUT2D eigenvalue weighted by Crippen LogP contribution is 2.30. The Morgan fingerprint density at radius 3 is 2.44 bits per heavy atom. The molecule has 0 aliphatic carbocycles. The lowest BCUT2D eigenvalue weighted by molar-refractivity contribution is -0.142. The van der Waals surface area contributed by atoms with Gasteiger partial charge in [-0.25, -0.2) is 4.79 Å². The Balaban J connectivity index is 1.96. The van der Waals surface area contributed by atoms with Crippen molar-refractivity contribution in [1.82, 2.24) is 0 Å². The van der Waals surface area contributed by atoms with E-state index in [4.69, 9.17) is 10.00 Å². The van der Waals surface area contributed by atoms with Gasteiger partial charge in [-0.1, -0.05) is 36.4 Å². The normalized spacial score (nSPS) is 11.4. The van der Waals surface area contributed by atoms with Gasteiger partial charge in [0.2, 0.25) is 0 Å². The van der Waals surface area contributed by atoms with Crippen LogP contribution in [-0.4, -0.2) is 18.5 Å². The van der Waals surface area contributed by atoms with E-state index in [0.29, 0.717) is 5.56 Å². The predicted molar refractivity (Wildman–Crippen MR) is 91.1 cm³/mol. The lowest BCUT2D eigenvalue weighted by atomic mass is 10.1. The van der Waals surface area contributed by atoms with Gasteiger partial charge in [-0.05, 0) is 29.8 Å². The number of ether oxygens (including phenoxy) is 1. The highest BCUT2D eigenvalue weighted by atomic mass is 19.4. The van der Waals surface area contributed by atoms with Gasteiger partial charge < -0.3 is 10.1 Å². The van der Waals surface area contributed by atoms with Crippen molar-refractivity contribution in [2.75, 3.05) is 11.9 Å². The number of hydrogen-bond acceptors (Lipinski definition) is 4. The summed E-state index contributed by atoms with van der Waals surface area (Å²) in [5.41, 5.74) is -0.728. The summed E-state index contributed by atoms with van der Waals surface area (Å²) < 4.78 is 42.7. The first-order valence-electron chi connectivity index (χ1n) is 7.60. The molecule has 0 spiro atoms. The minimum absolute atomic E-state index is 0.0915. The van der Waals surface area contributed by atoms with Crippen LogP contribution in [0.5, 0.6) is 0 Å². The van der Waals surface area contributed by atoms with Crippen molar-refractivity contribution in [1.29, 1.82) is 5.26 Å². The third-order valence-corrected chi connectivity index (χ3v) is 3.26. The third-order valence-electron chi connectivity index (χ3n) is 3.26. The minimum atomic E-state index is -4.54. The molecule has 0 saturated heterocycles. The number of amides is 1. The summed E-state index contributed by atoms with van der Waals surface area (Å²) in [6.45, 7) is -0.747. The van der Waals surface area contributed by atoms with Crippen LogP contribution < -0.4 is 5.32 Å². The molecule has 1 N–H and O–H groups in total. The van der Waals surface area contributed by atoms with E-state index >= 15 is 0 Å². The Bertz CT molecular complexity index is 900. The highest BCUT2D eigenvalue weighted by molar-refractivity contribution is 6.00. The number of carbonyl (C=O) groups excluding carboxylic acids is 2. The second-order valence-corrected chi connectivity index (χ2v) is 5.28. The molecule has 0 radical (unpaired) electrons. The van der Waals surface area contributed by atoms with E-state index in [9.17, 15) is 22.8 Å². The van der Waals surface area contributed by atoms with E-state index in [1.165, 1.54) is 12.1 Å². The number of alkyl halides is 3. The largest absolute Gasteiger partial charge is 0.451 e. The summed E-state index contributed by atoms with van der Waals surface area (Å²) in [5.74, 6) is -1.85. The van der Waals surface area contributed by atoms with Crippen molar-refractivity contribution < 1.29 is 27.5 Å². The first-order valence-corrected chi connectivity index (χ1v) is 7.60. The van der Waals surface area contributed by atoms with Crippen LogP contribution >= 0.6 is 0 Å². The molecule has 0 fully saturated rings. The molecule has 27 heavy (non-hydrogen) atoms. The maximum Gasteiger partial charge on any atom is 0.416 e. The van der Waals surface area contributed by atoms with Gasteiger partial charge in [-0.3, -0.25) is 4.79 Å². The summed E-state index contributed by atoms with van der Waals surface area (Å²) in [4.78, 5) is 23.7. The number of hydrogen-bond donors (Lipinski definition) is 1. The van der Waals surface area contributed by atoms with E-state index in [0.717, 1.165) is 18.2 Å². The summed E-state index contributed by atoms with van der Waals surface area (Å²) in [6.07, 6.45) is -3.25. The average Bonchev–Trinajstić information content (AvgIpc) is 2.64. The fourth-order valence-electron chi connectivity index (χ4n) is 2.03. The fraction of sp³-hybridized carbons (Fsp3) is 0.105. The van der Waals surface area contributed by atoms with Gasteiger partial charge in [-0.2, -0.15) is 18.4 Å². The second kappa shape index (κ2) is 8.67. The minimum Gasteiger partial charge on any atom is -0.451 e. The molecule has 0 unspecified atom stereocenters. The average molecular weight is 374 g/mol.